The third kappa shape index (κ3) is 5.05. The van der Waals surface area contributed by atoms with Crippen LogP contribution in [0.4, 0.5) is 24.0 Å². The molecule has 2 atom stereocenters. The van der Waals surface area contributed by atoms with E-state index in [1.807, 2.05) is 17.0 Å². The van der Waals surface area contributed by atoms with Crippen LogP contribution in [0, 0.1) is 34.3 Å². The van der Waals surface area contributed by atoms with Gasteiger partial charge in [-0.15, -0.1) is 11.3 Å². The van der Waals surface area contributed by atoms with E-state index in [0.29, 0.717) is 31.2 Å². The van der Waals surface area contributed by atoms with Crippen LogP contribution in [0.1, 0.15) is 43.2 Å². The summed E-state index contributed by atoms with van der Waals surface area (Å²) < 4.78 is 48.7. The van der Waals surface area contributed by atoms with Crippen molar-refractivity contribution < 1.29 is 23.0 Å². The smallest absolute Gasteiger partial charge is 0.318 e. The van der Waals surface area contributed by atoms with Gasteiger partial charge in [-0.1, -0.05) is 6.07 Å². The molecule has 0 spiro atoms. The van der Waals surface area contributed by atoms with Crippen LogP contribution in [0.25, 0.3) is 32.1 Å². The van der Waals surface area contributed by atoms with Crippen molar-refractivity contribution in [2.45, 2.75) is 56.5 Å². The molecule has 9 nitrogen and oxygen atoms in total. The van der Waals surface area contributed by atoms with Gasteiger partial charge in [0.1, 0.15) is 34.4 Å². The van der Waals surface area contributed by atoms with Crippen LogP contribution in [0.15, 0.2) is 18.2 Å². The van der Waals surface area contributed by atoms with Gasteiger partial charge in [0.2, 0.25) is 0 Å². The number of nitriles is 2. The molecule has 4 aromatic rings. The van der Waals surface area contributed by atoms with Gasteiger partial charge in [0.25, 0.3) is 0 Å². The molecule has 2 unspecified atom stereocenters. The van der Waals surface area contributed by atoms with E-state index in [0.717, 1.165) is 30.4 Å². The highest BCUT2D eigenvalue weighted by molar-refractivity contribution is 7.23. The van der Waals surface area contributed by atoms with E-state index in [1.165, 1.54) is 32.1 Å². The molecule has 3 aliphatic rings. The quantitative estimate of drug-likeness (QED) is 0.312. The molecule has 2 aliphatic heterocycles. The summed E-state index contributed by atoms with van der Waals surface area (Å²) in [5, 5.41) is 29.9. The fourth-order valence-electron chi connectivity index (χ4n) is 6.49. The Labute approximate surface area is 255 Å². The van der Waals surface area contributed by atoms with E-state index in [2.05, 4.69) is 14.9 Å². The van der Waals surface area contributed by atoms with Gasteiger partial charge in [0.15, 0.2) is 5.82 Å². The van der Waals surface area contributed by atoms with Gasteiger partial charge in [0, 0.05) is 42.0 Å². The molecular formula is C31H30F3N7O2S. The predicted molar refractivity (Wildman–Crippen MR) is 162 cm³/mol. The van der Waals surface area contributed by atoms with Gasteiger partial charge in [-0.05, 0) is 56.3 Å². The number of ether oxygens (including phenoxy) is 1. The Bertz CT molecular complexity index is 1830. The van der Waals surface area contributed by atoms with Crippen LogP contribution in [0.3, 0.4) is 0 Å². The average Bonchev–Trinajstić information content (AvgIpc) is 3.68. The van der Waals surface area contributed by atoms with E-state index in [-0.39, 0.29) is 60.3 Å². The third-order valence-corrected chi connectivity index (χ3v) is 9.85. The number of nitrogens with zero attached hydrogens (tertiary/aromatic N) is 6. The summed E-state index contributed by atoms with van der Waals surface area (Å²) in [6.45, 7) is 1.86. The molecule has 0 radical (unpaired) electrons. The lowest BCUT2D eigenvalue weighted by Crippen LogP contribution is -2.45. The number of halogens is 3. The Balaban J connectivity index is 0.000000323. The van der Waals surface area contributed by atoms with Crippen molar-refractivity contribution in [2.75, 3.05) is 37.9 Å². The highest BCUT2D eigenvalue weighted by Gasteiger charge is 2.35. The molecule has 4 heterocycles. The van der Waals surface area contributed by atoms with Crippen LogP contribution >= 0.6 is 11.3 Å². The lowest BCUT2D eigenvalue weighted by atomic mass is 9.88. The van der Waals surface area contributed by atoms with Crippen LogP contribution in [-0.2, 0) is 0 Å². The first-order chi connectivity index (χ1) is 21.1. The summed E-state index contributed by atoms with van der Waals surface area (Å²) in [6, 6.07) is 8.46. The van der Waals surface area contributed by atoms with Gasteiger partial charge >= 0.3 is 6.01 Å². The van der Waals surface area contributed by atoms with Crippen molar-refractivity contribution in [3.05, 3.63) is 41.0 Å². The number of anilines is 2. The van der Waals surface area contributed by atoms with Gasteiger partial charge in [-0.2, -0.15) is 20.5 Å². The maximum absolute atomic E-state index is 16.2. The number of nitrogen functional groups attached to an aromatic ring is 1. The molecule has 2 saturated heterocycles. The number of alkyl halides is 1. The number of fused-ring (bicyclic) bond motifs is 3. The minimum Gasteiger partial charge on any atom is -0.467 e. The number of hydrogen-bond donors (Lipinski definition) is 2. The second-order valence-electron chi connectivity index (χ2n) is 11.4. The molecule has 0 bridgehead atoms. The zero-order valence-electron chi connectivity index (χ0n) is 24.1. The van der Waals surface area contributed by atoms with Crippen molar-refractivity contribution in [1.82, 2.24) is 14.9 Å². The Morgan fingerprint density at radius 2 is 1.95 bits per heavy atom. The van der Waals surface area contributed by atoms with Gasteiger partial charge in [0.05, 0.1) is 35.1 Å². The number of aliphatic hydroxyl groups is 1. The standard InChI is InChI=1S/C24H18F2N6O2S.C7H12FN/c1-32(11-6-12(33)7-11)23-14-5-10(8-27)17(19(26)20(14)30-24(31-23)34-2)13-3-4-16(25)21-18(13)15(9-28)22(29)35-21;8-6-4-7-2-1-3-9(7)5-6/h3-5,11-12,33H,6-7,29H2,1-2H3;6-7H,1-5H2. The van der Waals surface area contributed by atoms with E-state index >= 15 is 4.39 Å². The zero-order chi connectivity index (χ0) is 31.3. The van der Waals surface area contributed by atoms with Gasteiger partial charge in [-0.3, -0.25) is 4.90 Å². The molecule has 3 fully saturated rings. The van der Waals surface area contributed by atoms with Crippen LogP contribution < -0.4 is 15.4 Å². The number of nitrogens with two attached hydrogens (primary N) is 1. The summed E-state index contributed by atoms with van der Waals surface area (Å²) in [6.07, 6.45) is 3.46. The van der Waals surface area contributed by atoms with Crippen LogP contribution in [-0.4, -0.2) is 71.6 Å². The van der Waals surface area contributed by atoms with E-state index in [4.69, 9.17) is 10.5 Å². The highest BCUT2D eigenvalue weighted by atomic mass is 32.1. The third-order valence-electron chi connectivity index (χ3n) is 8.82. The molecular weight excluding hydrogens is 591 g/mol. The predicted octanol–water partition coefficient (Wildman–Crippen LogP) is 5.28. The minimum absolute atomic E-state index is 0.0205. The summed E-state index contributed by atoms with van der Waals surface area (Å²) in [5.41, 5.74) is 5.88. The Kier molecular flexibility index (Phi) is 7.97. The Morgan fingerprint density at radius 3 is 2.61 bits per heavy atom. The van der Waals surface area contributed by atoms with Crippen LogP contribution in [0.2, 0.25) is 0 Å². The summed E-state index contributed by atoms with van der Waals surface area (Å²) >= 11 is 0.889. The number of aliphatic hydroxyl groups excluding tert-OH is 1. The first-order valence-corrected chi connectivity index (χ1v) is 15.1. The zero-order valence-corrected chi connectivity index (χ0v) is 25.0. The number of hydrogen-bond acceptors (Lipinski definition) is 10. The van der Waals surface area contributed by atoms with Gasteiger partial charge in [-0.25, -0.2) is 13.2 Å². The molecule has 44 heavy (non-hydrogen) atoms. The SMILES string of the molecule is COc1nc(N(C)C2CC(O)C2)c2cc(C#N)c(-c3ccc(F)c4sc(N)c(C#N)c34)c(F)c2n1.FC1CC2CCCN2C1. The molecule has 13 heteroatoms. The first-order valence-electron chi connectivity index (χ1n) is 14.3. The highest BCUT2D eigenvalue weighted by Crippen LogP contribution is 2.44. The molecule has 7 rings (SSSR count). The molecule has 2 aromatic heterocycles. The average molecular weight is 622 g/mol. The van der Waals surface area contributed by atoms with Gasteiger partial charge < -0.3 is 20.5 Å². The molecule has 0 amide bonds. The Morgan fingerprint density at radius 1 is 1.18 bits per heavy atom. The maximum Gasteiger partial charge on any atom is 0.318 e. The molecule has 1 aliphatic carbocycles. The summed E-state index contributed by atoms with van der Waals surface area (Å²) in [7, 11) is 3.13. The summed E-state index contributed by atoms with van der Waals surface area (Å²) in [4.78, 5) is 12.7. The molecule has 3 N–H and O–H groups in total. The topological polar surface area (TPSA) is 135 Å². The van der Waals surface area contributed by atoms with Crippen molar-refractivity contribution >= 4 is 43.1 Å². The number of thiophene rings is 1. The van der Waals surface area contributed by atoms with Crippen molar-refractivity contribution in [3.63, 3.8) is 0 Å². The fraction of sp³-hybridized carbons (Fsp3) is 0.419. The maximum atomic E-state index is 16.2. The number of methoxy groups -OCH3 is 1. The van der Waals surface area contributed by atoms with Crippen molar-refractivity contribution in [3.8, 4) is 29.3 Å². The molecule has 228 valence electrons. The Hall–Kier alpha value is -4.17. The second kappa shape index (κ2) is 11.7. The lowest BCUT2D eigenvalue weighted by Gasteiger charge is -2.39. The number of rotatable bonds is 4. The van der Waals surface area contributed by atoms with E-state index in [1.54, 1.807) is 7.05 Å². The summed E-state index contributed by atoms with van der Waals surface area (Å²) in [5.74, 6) is -1.07. The second-order valence-corrected chi connectivity index (χ2v) is 12.5. The molecule has 1 saturated carbocycles. The first kappa shape index (κ1) is 29.9. The number of benzene rings is 2. The normalized spacial score (nSPS) is 22.5. The van der Waals surface area contributed by atoms with Crippen LogP contribution in [0.5, 0.6) is 6.01 Å². The van der Waals surface area contributed by atoms with Crippen molar-refractivity contribution in [2.24, 2.45) is 0 Å². The molecule has 2 aromatic carbocycles. The van der Waals surface area contributed by atoms with E-state index in [9.17, 15) is 24.4 Å². The minimum atomic E-state index is -0.829. The lowest BCUT2D eigenvalue weighted by molar-refractivity contribution is 0.0749. The number of aromatic nitrogens is 2. The monoisotopic (exact) mass is 621 g/mol. The largest absolute Gasteiger partial charge is 0.467 e. The fourth-order valence-corrected chi connectivity index (χ4v) is 7.44. The van der Waals surface area contributed by atoms with E-state index < -0.39 is 23.9 Å². The van der Waals surface area contributed by atoms with Crippen molar-refractivity contribution in [1.29, 1.82) is 10.5 Å².